The third-order valence-electron chi connectivity index (χ3n) is 2.31. The molecule has 0 amide bonds. The van der Waals surface area contributed by atoms with E-state index in [9.17, 15) is 0 Å². The summed E-state index contributed by atoms with van der Waals surface area (Å²) >= 11 is 0. The van der Waals surface area contributed by atoms with Crippen LogP contribution in [-0.2, 0) is 0 Å². The van der Waals surface area contributed by atoms with Gasteiger partial charge in [0.15, 0.2) is 0 Å². The minimum atomic E-state index is 0.438. The van der Waals surface area contributed by atoms with Crippen LogP contribution in [0.3, 0.4) is 0 Å². The molecule has 0 saturated carbocycles. The van der Waals surface area contributed by atoms with Gasteiger partial charge in [0.05, 0.1) is 18.1 Å². The number of rotatable bonds is 2. The zero-order valence-corrected chi connectivity index (χ0v) is 9.09. The van der Waals surface area contributed by atoms with Gasteiger partial charge in [-0.3, -0.25) is 4.98 Å². The van der Waals surface area contributed by atoms with Gasteiger partial charge in [-0.1, -0.05) is 30.3 Å². The molecule has 0 fully saturated rings. The number of nitrogens with zero attached hydrogens (tertiary/aromatic N) is 2. The summed E-state index contributed by atoms with van der Waals surface area (Å²) in [5, 5.41) is 0. The molecule has 0 saturated heterocycles. The molecule has 2 N–H and O–H groups in total. The summed E-state index contributed by atoms with van der Waals surface area (Å²) in [7, 11) is 0. The highest BCUT2D eigenvalue weighted by Crippen LogP contribution is 2.10. The average molecular weight is 211 g/mol. The second-order valence-electron chi connectivity index (χ2n) is 3.56. The van der Waals surface area contributed by atoms with Crippen molar-refractivity contribution in [2.24, 2.45) is 0 Å². The van der Waals surface area contributed by atoms with Crippen LogP contribution in [-0.4, -0.2) is 9.97 Å². The predicted octanol–water partition coefficient (Wildman–Crippen LogP) is 2.54. The number of anilines is 1. The van der Waals surface area contributed by atoms with Crippen molar-refractivity contribution >= 4 is 18.0 Å². The number of aryl methyl sites for hydroxylation is 1. The molecule has 80 valence electrons. The van der Waals surface area contributed by atoms with Crippen molar-refractivity contribution in [2.75, 3.05) is 5.73 Å². The van der Waals surface area contributed by atoms with E-state index in [4.69, 9.17) is 5.73 Å². The molecule has 1 heterocycles. The number of nitrogen functional groups attached to an aromatic ring is 1. The SMILES string of the molecule is Cc1ccccc1/C=C/c1cnc(N)cn1. The van der Waals surface area contributed by atoms with Crippen LogP contribution < -0.4 is 5.73 Å². The first-order valence-electron chi connectivity index (χ1n) is 5.07. The van der Waals surface area contributed by atoms with Crippen molar-refractivity contribution in [3.05, 3.63) is 53.5 Å². The van der Waals surface area contributed by atoms with Crippen molar-refractivity contribution < 1.29 is 0 Å². The van der Waals surface area contributed by atoms with E-state index in [-0.39, 0.29) is 0 Å². The van der Waals surface area contributed by atoms with Gasteiger partial charge >= 0.3 is 0 Å². The molecule has 1 aromatic carbocycles. The van der Waals surface area contributed by atoms with Crippen LogP contribution in [0.1, 0.15) is 16.8 Å². The van der Waals surface area contributed by atoms with Gasteiger partial charge in [-0.25, -0.2) is 4.98 Å². The highest BCUT2D eigenvalue weighted by Gasteiger charge is 1.93. The van der Waals surface area contributed by atoms with Crippen molar-refractivity contribution in [3.8, 4) is 0 Å². The van der Waals surface area contributed by atoms with Crippen LogP contribution in [0, 0.1) is 6.92 Å². The maximum Gasteiger partial charge on any atom is 0.141 e. The number of benzene rings is 1. The van der Waals surface area contributed by atoms with Crippen LogP contribution in [0.5, 0.6) is 0 Å². The molecular weight excluding hydrogens is 198 g/mol. The quantitative estimate of drug-likeness (QED) is 0.830. The topological polar surface area (TPSA) is 51.8 Å². The van der Waals surface area contributed by atoms with Crippen molar-refractivity contribution in [1.29, 1.82) is 0 Å². The number of hydrogen-bond acceptors (Lipinski definition) is 3. The van der Waals surface area contributed by atoms with Gasteiger partial charge in [0.2, 0.25) is 0 Å². The summed E-state index contributed by atoms with van der Waals surface area (Å²) in [5.74, 6) is 0.438. The largest absolute Gasteiger partial charge is 0.382 e. The molecule has 2 aromatic rings. The van der Waals surface area contributed by atoms with Crippen LogP contribution in [0.15, 0.2) is 36.7 Å². The van der Waals surface area contributed by atoms with Gasteiger partial charge in [0.1, 0.15) is 5.82 Å². The predicted molar refractivity (Wildman–Crippen MR) is 66.6 cm³/mol. The molecule has 0 aliphatic carbocycles. The maximum atomic E-state index is 5.46. The molecule has 3 nitrogen and oxygen atoms in total. The summed E-state index contributed by atoms with van der Waals surface area (Å²) in [6, 6.07) is 8.18. The highest BCUT2D eigenvalue weighted by atomic mass is 14.9. The highest BCUT2D eigenvalue weighted by molar-refractivity contribution is 5.69. The molecular formula is C13H13N3. The van der Waals surface area contributed by atoms with Gasteiger partial charge in [-0.15, -0.1) is 0 Å². The third-order valence-corrected chi connectivity index (χ3v) is 2.31. The molecule has 0 aliphatic heterocycles. The van der Waals surface area contributed by atoms with Gasteiger partial charge in [-0.05, 0) is 24.1 Å². The minimum Gasteiger partial charge on any atom is -0.382 e. The fraction of sp³-hybridized carbons (Fsp3) is 0.0769. The Bertz CT molecular complexity index is 501. The summed E-state index contributed by atoms with van der Waals surface area (Å²) < 4.78 is 0. The van der Waals surface area contributed by atoms with Crippen LogP contribution in [0.25, 0.3) is 12.2 Å². The Balaban J connectivity index is 2.21. The molecule has 0 aliphatic rings. The lowest BCUT2D eigenvalue weighted by molar-refractivity contribution is 1.19. The molecule has 0 atom stereocenters. The molecule has 0 radical (unpaired) electrons. The number of nitrogens with two attached hydrogens (primary N) is 1. The van der Waals surface area contributed by atoms with E-state index in [1.165, 1.54) is 11.1 Å². The zero-order valence-electron chi connectivity index (χ0n) is 9.09. The van der Waals surface area contributed by atoms with E-state index in [1.54, 1.807) is 12.4 Å². The molecule has 1 aromatic heterocycles. The average Bonchev–Trinajstić information content (AvgIpc) is 2.30. The van der Waals surface area contributed by atoms with E-state index in [0.717, 1.165) is 5.69 Å². The Morgan fingerprint density at radius 1 is 1.06 bits per heavy atom. The van der Waals surface area contributed by atoms with Crippen LogP contribution in [0.4, 0.5) is 5.82 Å². The smallest absolute Gasteiger partial charge is 0.141 e. The lowest BCUT2D eigenvalue weighted by Gasteiger charge is -1.98. The molecule has 0 bridgehead atoms. The molecule has 0 spiro atoms. The molecule has 3 heteroatoms. The number of aromatic nitrogens is 2. The van der Waals surface area contributed by atoms with Crippen molar-refractivity contribution in [1.82, 2.24) is 9.97 Å². The fourth-order valence-electron chi connectivity index (χ4n) is 1.38. The molecule has 16 heavy (non-hydrogen) atoms. The molecule has 2 rings (SSSR count). The van der Waals surface area contributed by atoms with Crippen LogP contribution in [0.2, 0.25) is 0 Å². The van der Waals surface area contributed by atoms with Crippen molar-refractivity contribution in [2.45, 2.75) is 6.92 Å². The Hall–Kier alpha value is -2.16. The van der Waals surface area contributed by atoms with E-state index >= 15 is 0 Å². The van der Waals surface area contributed by atoms with Gasteiger partial charge < -0.3 is 5.73 Å². The first kappa shape index (κ1) is 10.4. The first-order chi connectivity index (χ1) is 7.75. The maximum absolute atomic E-state index is 5.46. The Morgan fingerprint density at radius 2 is 1.88 bits per heavy atom. The standard InChI is InChI=1S/C13H13N3/c1-10-4-2-3-5-11(10)6-7-12-8-16-13(14)9-15-12/h2-9H,1H3,(H2,14,16)/b7-6+. The zero-order chi connectivity index (χ0) is 11.4. The lowest BCUT2D eigenvalue weighted by Crippen LogP contribution is -1.91. The fourth-order valence-corrected chi connectivity index (χ4v) is 1.38. The van der Waals surface area contributed by atoms with E-state index in [0.29, 0.717) is 5.82 Å². The monoisotopic (exact) mass is 211 g/mol. The Labute approximate surface area is 94.7 Å². The van der Waals surface area contributed by atoms with E-state index in [2.05, 4.69) is 29.0 Å². The summed E-state index contributed by atoms with van der Waals surface area (Å²) in [5.41, 5.74) is 8.68. The summed E-state index contributed by atoms with van der Waals surface area (Å²) in [6.07, 6.45) is 7.16. The van der Waals surface area contributed by atoms with E-state index in [1.807, 2.05) is 24.3 Å². The minimum absolute atomic E-state index is 0.438. The Kier molecular flexibility index (Phi) is 2.96. The first-order valence-corrected chi connectivity index (χ1v) is 5.07. The van der Waals surface area contributed by atoms with Gasteiger partial charge in [0, 0.05) is 0 Å². The number of hydrogen-bond donors (Lipinski definition) is 1. The van der Waals surface area contributed by atoms with Crippen LogP contribution >= 0.6 is 0 Å². The normalized spacial score (nSPS) is 10.8. The summed E-state index contributed by atoms with van der Waals surface area (Å²) in [6.45, 7) is 2.08. The van der Waals surface area contributed by atoms with Gasteiger partial charge in [0.25, 0.3) is 0 Å². The van der Waals surface area contributed by atoms with Gasteiger partial charge in [-0.2, -0.15) is 0 Å². The second kappa shape index (κ2) is 4.57. The van der Waals surface area contributed by atoms with E-state index < -0.39 is 0 Å². The summed E-state index contributed by atoms with van der Waals surface area (Å²) in [4.78, 5) is 8.13. The van der Waals surface area contributed by atoms with Crippen molar-refractivity contribution in [3.63, 3.8) is 0 Å². The third kappa shape index (κ3) is 2.45. The lowest BCUT2D eigenvalue weighted by atomic mass is 10.1. The molecule has 0 unspecified atom stereocenters. The second-order valence-corrected chi connectivity index (χ2v) is 3.56. The Morgan fingerprint density at radius 3 is 2.56 bits per heavy atom.